The standard InChI is InChI=1S/C21H21Cl2F3N4O2/c1-13(28-19(31)15-4-2-5-16(22)18(15)23)20(32)30-9-3-8-29(10-11-30)17-7-6-14(12-27-17)21(24,25)26/h2,4-7,12-13H,3,8-11H2,1H3,(H,28,31). The molecule has 1 N–H and O–H groups in total. The summed E-state index contributed by atoms with van der Waals surface area (Å²) in [6.07, 6.45) is -3.03. The molecule has 3 rings (SSSR count). The molecule has 1 saturated heterocycles. The minimum atomic E-state index is -4.44. The normalized spacial score (nSPS) is 15.8. The molecular weight excluding hydrogens is 468 g/mol. The molecule has 2 amide bonds. The van der Waals surface area contributed by atoms with E-state index < -0.39 is 23.7 Å². The molecule has 1 atom stereocenters. The van der Waals surface area contributed by atoms with Gasteiger partial charge in [0.1, 0.15) is 11.9 Å². The number of anilines is 1. The third-order valence-corrected chi connectivity index (χ3v) is 5.94. The van der Waals surface area contributed by atoms with Gasteiger partial charge in [-0.2, -0.15) is 13.2 Å². The topological polar surface area (TPSA) is 65.5 Å². The van der Waals surface area contributed by atoms with Crippen molar-refractivity contribution in [3.63, 3.8) is 0 Å². The molecule has 1 unspecified atom stereocenters. The number of carbonyl (C=O) groups excluding carboxylic acids is 2. The van der Waals surface area contributed by atoms with Crippen LogP contribution in [-0.4, -0.2) is 53.9 Å². The Morgan fingerprint density at radius 2 is 1.84 bits per heavy atom. The first kappa shape index (κ1) is 24.1. The van der Waals surface area contributed by atoms with Gasteiger partial charge in [-0.1, -0.05) is 29.3 Å². The van der Waals surface area contributed by atoms with Gasteiger partial charge in [0.15, 0.2) is 0 Å². The van der Waals surface area contributed by atoms with Crippen LogP contribution in [0.5, 0.6) is 0 Å². The lowest BCUT2D eigenvalue weighted by atomic mass is 10.2. The second kappa shape index (κ2) is 9.95. The Hall–Kier alpha value is -2.52. The van der Waals surface area contributed by atoms with Crippen LogP contribution in [0.1, 0.15) is 29.3 Å². The van der Waals surface area contributed by atoms with E-state index in [0.717, 1.165) is 12.3 Å². The summed E-state index contributed by atoms with van der Waals surface area (Å²) in [5, 5.41) is 2.99. The summed E-state index contributed by atoms with van der Waals surface area (Å²) in [5.74, 6) is -0.355. The van der Waals surface area contributed by atoms with Gasteiger partial charge < -0.3 is 15.1 Å². The van der Waals surface area contributed by atoms with Crippen LogP contribution in [0.2, 0.25) is 10.0 Å². The highest BCUT2D eigenvalue weighted by molar-refractivity contribution is 6.43. The van der Waals surface area contributed by atoms with Gasteiger partial charge in [0, 0.05) is 32.4 Å². The van der Waals surface area contributed by atoms with Gasteiger partial charge >= 0.3 is 6.18 Å². The van der Waals surface area contributed by atoms with Gasteiger partial charge in [-0.05, 0) is 37.6 Å². The van der Waals surface area contributed by atoms with Crippen molar-refractivity contribution in [2.24, 2.45) is 0 Å². The molecule has 1 aliphatic rings. The number of carbonyl (C=O) groups is 2. The number of rotatable bonds is 4. The van der Waals surface area contributed by atoms with E-state index in [2.05, 4.69) is 10.3 Å². The van der Waals surface area contributed by atoms with E-state index in [0.29, 0.717) is 38.4 Å². The Bertz CT molecular complexity index is 986. The van der Waals surface area contributed by atoms with E-state index in [1.165, 1.54) is 12.1 Å². The number of hydrogen-bond acceptors (Lipinski definition) is 4. The van der Waals surface area contributed by atoms with Crippen LogP contribution >= 0.6 is 23.2 Å². The van der Waals surface area contributed by atoms with Crippen molar-refractivity contribution in [2.75, 3.05) is 31.1 Å². The van der Waals surface area contributed by atoms with Crippen LogP contribution in [0.4, 0.5) is 19.0 Å². The van der Waals surface area contributed by atoms with Crippen LogP contribution in [0, 0.1) is 0 Å². The lowest BCUT2D eigenvalue weighted by Crippen LogP contribution is -2.48. The average Bonchev–Trinajstić information content (AvgIpc) is 3.00. The highest BCUT2D eigenvalue weighted by Gasteiger charge is 2.31. The molecule has 0 spiro atoms. The number of aromatic nitrogens is 1. The van der Waals surface area contributed by atoms with E-state index in [-0.39, 0.29) is 21.5 Å². The summed E-state index contributed by atoms with van der Waals surface area (Å²) in [6.45, 7) is 3.33. The molecule has 1 aromatic carbocycles. The van der Waals surface area contributed by atoms with Crippen molar-refractivity contribution in [3.05, 3.63) is 57.7 Å². The Balaban J connectivity index is 1.60. The number of pyridine rings is 1. The monoisotopic (exact) mass is 488 g/mol. The molecule has 0 radical (unpaired) electrons. The quantitative estimate of drug-likeness (QED) is 0.697. The van der Waals surface area contributed by atoms with Crippen LogP contribution in [0.15, 0.2) is 36.5 Å². The van der Waals surface area contributed by atoms with Crippen molar-refractivity contribution in [1.29, 1.82) is 0 Å². The molecule has 0 bridgehead atoms. The first-order valence-corrected chi connectivity index (χ1v) is 10.7. The zero-order valence-corrected chi connectivity index (χ0v) is 18.6. The lowest BCUT2D eigenvalue weighted by Gasteiger charge is -2.25. The second-order valence-corrected chi connectivity index (χ2v) is 8.15. The fraction of sp³-hybridized carbons (Fsp3) is 0.381. The predicted octanol–water partition coefficient (Wildman–Crippen LogP) is 4.26. The predicted molar refractivity (Wildman–Crippen MR) is 116 cm³/mol. The van der Waals surface area contributed by atoms with Crippen molar-refractivity contribution < 1.29 is 22.8 Å². The highest BCUT2D eigenvalue weighted by Crippen LogP contribution is 2.29. The van der Waals surface area contributed by atoms with Gasteiger partial charge in [-0.15, -0.1) is 0 Å². The lowest BCUT2D eigenvalue weighted by molar-refractivity contribution is -0.137. The largest absolute Gasteiger partial charge is 0.417 e. The number of nitrogens with one attached hydrogen (secondary N) is 1. The zero-order valence-electron chi connectivity index (χ0n) is 17.1. The maximum Gasteiger partial charge on any atom is 0.417 e. The SMILES string of the molecule is CC(NC(=O)c1cccc(Cl)c1Cl)C(=O)N1CCCN(c2ccc(C(F)(F)F)cn2)CC1. The number of alkyl halides is 3. The first-order chi connectivity index (χ1) is 15.1. The molecule has 1 fully saturated rings. The van der Waals surface area contributed by atoms with Gasteiger partial charge in [0.25, 0.3) is 5.91 Å². The van der Waals surface area contributed by atoms with Crippen molar-refractivity contribution in [2.45, 2.75) is 25.6 Å². The summed E-state index contributed by atoms with van der Waals surface area (Å²) in [4.78, 5) is 32.7. The fourth-order valence-corrected chi connectivity index (χ4v) is 3.78. The van der Waals surface area contributed by atoms with Crippen molar-refractivity contribution in [1.82, 2.24) is 15.2 Å². The Morgan fingerprint density at radius 1 is 1.09 bits per heavy atom. The summed E-state index contributed by atoms with van der Waals surface area (Å²) in [6, 6.07) is 6.19. The molecule has 1 aromatic heterocycles. The fourth-order valence-electron chi connectivity index (χ4n) is 3.40. The molecule has 11 heteroatoms. The zero-order chi connectivity index (χ0) is 23.5. The molecular formula is C21H21Cl2F3N4O2. The Labute approximate surface area is 193 Å². The van der Waals surface area contributed by atoms with Crippen LogP contribution in [0.3, 0.4) is 0 Å². The van der Waals surface area contributed by atoms with E-state index in [9.17, 15) is 22.8 Å². The Kier molecular flexibility index (Phi) is 7.51. The molecule has 0 saturated carbocycles. The molecule has 2 aromatic rings. The number of hydrogen-bond donors (Lipinski definition) is 1. The highest BCUT2D eigenvalue weighted by atomic mass is 35.5. The maximum atomic E-state index is 12.9. The number of amides is 2. The molecule has 32 heavy (non-hydrogen) atoms. The summed E-state index contributed by atoms with van der Waals surface area (Å²) < 4.78 is 38.2. The molecule has 2 heterocycles. The molecule has 0 aliphatic carbocycles. The third kappa shape index (κ3) is 5.63. The van der Waals surface area contributed by atoms with Gasteiger partial charge in [0.2, 0.25) is 5.91 Å². The molecule has 1 aliphatic heterocycles. The van der Waals surface area contributed by atoms with Crippen LogP contribution < -0.4 is 10.2 Å². The van der Waals surface area contributed by atoms with E-state index >= 15 is 0 Å². The third-order valence-electron chi connectivity index (χ3n) is 5.12. The maximum absolute atomic E-state index is 12.9. The minimum absolute atomic E-state index is 0.112. The van der Waals surface area contributed by atoms with Gasteiger partial charge in [0.05, 0.1) is 21.2 Å². The Morgan fingerprint density at radius 3 is 2.50 bits per heavy atom. The second-order valence-electron chi connectivity index (χ2n) is 7.37. The smallest absolute Gasteiger partial charge is 0.355 e. The van der Waals surface area contributed by atoms with E-state index in [4.69, 9.17) is 23.2 Å². The van der Waals surface area contributed by atoms with Crippen molar-refractivity contribution in [3.8, 4) is 0 Å². The summed E-state index contributed by atoms with van der Waals surface area (Å²) >= 11 is 12.0. The van der Waals surface area contributed by atoms with Gasteiger partial charge in [-0.3, -0.25) is 9.59 Å². The van der Waals surface area contributed by atoms with Crippen LogP contribution in [0.25, 0.3) is 0 Å². The summed E-state index contributed by atoms with van der Waals surface area (Å²) in [5.41, 5.74) is -0.633. The number of halogens is 5. The van der Waals surface area contributed by atoms with Gasteiger partial charge in [-0.25, -0.2) is 4.98 Å². The first-order valence-electron chi connectivity index (χ1n) is 9.90. The van der Waals surface area contributed by atoms with E-state index in [1.54, 1.807) is 24.0 Å². The van der Waals surface area contributed by atoms with E-state index in [1.807, 2.05) is 4.90 Å². The summed E-state index contributed by atoms with van der Waals surface area (Å²) in [7, 11) is 0. The number of benzene rings is 1. The van der Waals surface area contributed by atoms with Crippen LogP contribution in [-0.2, 0) is 11.0 Å². The minimum Gasteiger partial charge on any atom is -0.355 e. The molecule has 6 nitrogen and oxygen atoms in total. The number of nitrogens with zero attached hydrogens (tertiary/aromatic N) is 3. The molecule has 172 valence electrons. The average molecular weight is 489 g/mol. The van der Waals surface area contributed by atoms with Crippen molar-refractivity contribution >= 4 is 40.8 Å².